The van der Waals surface area contributed by atoms with E-state index in [0.717, 1.165) is 16.5 Å². The lowest BCUT2D eigenvalue weighted by Crippen LogP contribution is -2.30. The molecule has 1 aliphatic heterocycles. The van der Waals surface area contributed by atoms with E-state index in [2.05, 4.69) is 11.1 Å². The zero-order valence-corrected chi connectivity index (χ0v) is 17.7. The van der Waals surface area contributed by atoms with Gasteiger partial charge in [0.05, 0.1) is 17.0 Å². The van der Waals surface area contributed by atoms with E-state index in [0.29, 0.717) is 5.56 Å². The summed E-state index contributed by atoms with van der Waals surface area (Å²) in [5, 5.41) is 10.8. The van der Waals surface area contributed by atoms with Crippen LogP contribution in [0.2, 0.25) is 5.15 Å². The first-order valence-electron chi connectivity index (χ1n) is 9.10. The number of aromatic nitrogens is 1. The standard InChI is InChI=1S/C22H22ClN3O3/c1-11-6-7-13-9-14(19(23)26-16(13)8-11)18-15(10-24)20(25)28-12(2)17(18)21(27)29-22(3,4)5/h6-9,18H,25H2,1-5H3/t18-/m1/s1. The van der Waals surface area contributed by atoms with Gasteiger partial charge in [-0.1, -0.05) is 23.7 Å². The first-order valence-corrected chi connectivity index (χ1v) is 9.48. The monoisotopic (exact) mass is 411 g/mol. The van der Waals surface area contributed by atoms with Crippen LogP contribution in [0.5, 0.6) is 0 Å². The second kappa shape index (κ2) is 7.41. The highest BCUT2D eigenvalue weighted by molar-refractivity contribution is 6.30. The molecule has 0 radical (unpaired) electrons. The van der Waals surface area contributed by atoms with E-state index in [1.54, 1.807) is 27.7 Å². The molecule has 1 aromatic carbocycles. The quantitative estimate of drug-likeness (QED) is 0.571. The summed E-state index contributed by atoms with van der Waals surface area (Å²) >= 11 is 6.51. The van der Waals surface area contributed by atoms with Gasteiger partial charge in [-0.2, -0.15) is 5.26 Å². The zero-order chi connectivity index (χ0) is 21.5. The van der Waals surface area contributed by atoms with E-state index in [-0.39, 0.29) is 27.9 Å². The fraction of sp³-hybridized carbons (Fsp3) is 0.318. The molecule has 0 saturated carbocycles. The van der Waals surface area contributed by atoms with Crippen molar-refractivity contribution in [3.63, 3.8) is 0 Å². The van der Waals surface area contributed by atoms with Crippen molar-refractivity contribution >= 4 is 28.5 Å². The number of carbonyl (C=O) groups excluding carboxylic acids is 1. The third-order valence-corrected chi connectivity index (χ3v) is 4.79. The van der Waals surface area contributed by atoms with Crippen LogP contribution in [0.25, 0.3) is 10.9 Å². The molecule has 0 saturated heterocycles. The number of hydrogen-bond donors (Lipinski definition) is 1. The summed E-state index contributed by atoms with van der Waals surface area (Å²) in [4.78, 5) is 17.5. The zero-order valence-electron chi connectivity index (χ0n) is 17.0. The van der Waals surface area contributed by atoms with Crippen LogP contribution in [0.15, 0.2) is 47.1 Å². The second-order valence-electron chi connectivity index (χ2n) is 7.96. The minimum absolute atomic E-state index is 0.0672. The smallest absolute Gasteiger partial charge is 0.338 e. The summed E-state index contributed by atoms with van der Waals surface area (Å²) in [5.41, 5.74) is 7.77. The van der Waals surface area contributed by atoms with Gasteiger partial charge >= 0.3 is 5.97 Å². The number of halogens is 1. The normalized spacial score (nSPS) is 17.2. The fourth-order valence-corrected chi connectivity index (χ4v) is 3.52. The van der Waals surface area contributed by atoms with Gasteiger partial charge in [-0.15, -0.1) is 0 Å². The van der Waals surface area contributed by atoms with Gasteiger partial charge in [0.15, 0.2) is 0 Å². The number of hydrogen-bond acceptors (Lipinski definition) is 6. The number of aryl methyl sites for hydroxylation is 1. The van der Waals surface area contributed by atoms with Crippen LogP contribution in [0.4, 0.5) is 0 Å². The van der Waals surface area contributed by atoms with Crippen molar-refractivity contribution in [1.82, 2.24) is 4.98 Å². The lowest BCUT2D eigenvalue weighted by molar-refractivity contribution is -0.150. The molecule has 3 rings (SSSR count). The summed E-state index contributed by atoms with van der Waals surface area (Å²) in [5.74, 6) is -1.24. The Labute approximate surface area is 174 Å². The van der Waals surface area contributed by atoms with Gasteiger partial charge in [0.2, 0.25) is 5.88 Å². The van der Waals surface area contributed by atoms with E-state index in [1.807, 2.05) is 31.2 Å². The molecule has 0 fully saturated rings. The van der Waals surface area contributed by atoms with Crippen molar-refractivity contribution in [1.29, 1.82) is 5.26 Å². The molecule has 1 aromatic heterocycles. The lowest BCUT2D eigenvalue weighted by Gasteiger charge is -2.29. The minimum Gasteiger partial charge on any atom is -0.456 e. The van der Waals surface area contributed by atoms with Crippen LogP contribution in [-0.4, -0.2) is 16.6 Å². The largest absolute Gasteiger partial charge is 0.456 e. The van der Waals surface area contributed by atoms with Crippen molar-refractivity contribution < 1.29 is 14.3 Å². The van der Waals surface area contributed by atoms with Gasteiger partial charge < -0.3 is 15.2 Å². The van der Waals surface area contributed by atoms with Gasteiger partial charge in [-0.05, 0) is 52.3 Å². The Hall–Kier alpha value is -3.04. The number of allylic oxidation sites excluding steroid dienone is 2. The van der Waals surface area contributed by atoms with Crippen LogP contribution >= 0.6 is 11.6 Å². The second-order valence-corrected chi connectivity index (χ2v) is 8.32. The number of nitrogens with two attached hydrogens (primary N) is 1. The molecule has 0 amide bonds. The molecule has 1 atom stereocenters. The topological polar surface area (TPSA) is 98.2 Å². The lowest BCUT2D eigenvalue weighted by atomic mass is 9.83. The summed E-state index contributed by atoms with van der Waals surface area (Å²) in [7, 11) is 0. The SMILES string of the molecule is CC1=C(C(=O)OC(C)(C)C)[C@H](c2cc3ccc(C)cc3nc2Cl)C(C#N)=C(N)O1. The molecule has 0 unspecified atom stereocenters. The molecule has 2 N–H and O–H groups in total. The highest BCUT2D eigenvalue weighted by Gasteiger charge is 2.39. The van der Waals surface area contributed by atoms with E-state index >= 15 is 0 Å². The van der Waals surface area contributed by atoms with E-state index < -0.39 is 17.5 Å². The molecule has 6 nitrogen and oxygen atoms in total. The number of nitriles is 1. The highest BCUT2D eigenvalue weighted by Crippen LogP contribution is 2.42. The number of esters is 1. The average molecular weight is 412 g/mol. The number of fused-ring (bicyclic) bond motifs is 1. The Morgan fingerprint density at radius 3 is 2.62 bits per heavy atom. The van der Waals surface area contributed by atoms with Crippen LogP contribution in [-0.2, 0) is 14.3 Å². The summed E-state index contributed by atoms with van der Waals surface area (Å²) in [6.45, 7) is 8.87. The number of carbonyl (C=O) groups is 1. The molecular formula is C22H22ClN3O3. The van der Waals surface area contributed by atoms with Crippen molar-refractivity contribution in [2.75, 3.05) is 0 Å². The van der Waals surface area contributed by atoms with Gasteiger partial charge in [0, 0.05) is 10.9 Å². The van der Waals surface area contributed by atoms with Crippen molar-refractivity contribution in [2.24, 2.45) is 5.73 Å². The van der Waals surface area contributed by atoms with Crippen molar-refractivity contribution in [3.05, 3.63) is 63.3 Å². The molecule has 0 aliphatic carbocycles. The molecule has 2 aromatic rings. The Morgan fingerprint density at radius 1 is 1.31 bits per heavy atom. The first-order chi connectivity index (χ1) is 13.5. The summed E-state index contributed by atoms with van der Waals surface area (Å²) in [6.07, 6.45) is 0. The van der Waals surface area contributed by atoms with Crippen LogP contribution in [0.3, 0.4) is 0 Å². The van der Waals surface area contributed by atoms with Gasteiger partial charge in [0.25, 0.3) is 0 Å². The Bertz CT molecular complexity index is 1120. The summed E-state index contributed by atoms with van der Waals surface area (Å²) < 4.78 is 11.0. The third-order valence-electron chi connectivity index (χ3n) is 4.49. The van der Waals surface area contributed by atoms with Crippen LogP contribution < -0.4 is 5.73 Å². The van der Waals surface area contributed by atoms with Crippen molar-refractivity contribution in [3.8, 4) is 6.07 Å². The maximum absolute atomic E-state index is 13.0. The maximum Gasteiger partial charge on any atom is 0.338 e. The predicted molar refractivity (Wildman–Crippen MR) is 111 cm³/mol. The van der Waals surface area contributed by atoms with Crippen molar-refractivity contribution in [2.45, 2.75) is 46.1 Å². The number of ether oxygens (including phenoxy) is 2. The number of nitrogens with zero attached hydrogens (tertiary/aromatic N) is 2. The molecular weight excluding hydrogens is 390 g/mol. The minimum atomic E-state index is -0.839. The van der Waals surface area contributed by atoms with Gasteiger partial charge in [-0.3, -0.25) is 0 Å². The van der Waals surface area contributed by atoms with Crippen LogP contribution in [0.1, 0.15) is 44.7 Å². The number of benzene rings is 1. The third kappa shape index (κ3) is 4.06. The Morgan fingerprint density at radius 2 is 2.00 bits per heavy atom. The number of pyridine rings is 1. The van der Waals surface area contributed by atoms with Gasteiger partial charge in [-0.25, -0.2) is 9.78 Å². The molecule has 0 bridgehead atoms. The molecule has 29 heavy (non-hydrogen) atoms. The van der Waals surface area contributed by atoms with Crippen LogP contribution in [0, 0.1) is 18.3 Å². The molecule has 150 valence electrons. The highest BCUT2D eigenvalue weighted by atomic mass is 35.5. The molecule has 0 spiro atoms. The summed E-state index contributed by atoms with van der Waals surface area (Å²) in [6, 6.07) is 9.67. The fourth-order valence-electron chi connectivity index (χ4n) is 3.26. The van der Waals surface area contributed by atoms with E-state index in [1.165, 1.54) is 0 Å². The maximum atomic E-state index is 13.0. The first kappa shape index (κ1) is 20.7. The molecule has 1 aliphatic rings. The Balaban J connectivity index is 2.24. The Kier molecular flexibility index (Phi) is 5.29. The molecule has 7 heteroatoms. The van der Waals surface area contributed by atoms with E-state index in [9.17, 15) is 10.1 Å². The predicted octanol–water partition coefficient (Wildman–Crippen LogP) is 4.62. The van der Waals surface area contributed by atoms with Gasteiger partial charge in [0.1, 0.15) is 28.2 Å². The number of rotatable bonds is 2. The van der Waals surface area contributed by atoms with E-state index in [4.69, 9.17) is 26.8 Å². The average Bonchev–Trinajstić information content (AvgIpc) is 2.58. The molecule has 2 heterocycles.